The van der Waals surface area contributed by atoms with Crippen LogP contribution in [0.1, 0.15) is 17.5 Å². The lowest BCUT2D eigenvalue weighted by Crippen LogP contribution is -2.70. The van der Waals surface area contributed by atoms with Crippen LogP contribution in [0.5, 0.6) is 0 Å². The van der Waals surface area contributed by atoms with Crippen LogP contribution in [0.25, 0.3) is 10.9 Å². The number of aromatic nitrogens is 1. The minimum Gasteiger partial charge on any atom is -0.364 e. The summed E-state index contributed by atoms with van der Waals surface area (Å²) in [4.78, 5) is 31.6. The second-order valence-electron chi connectivity index (χ2n) is 8.37. The molecular weight excluding hydrogens is 398 g/mol. The maximum absolute atomic E-state index is 13.3. The highest BCUT2D eigenvalue weighted by molar-refractivity contribution is 7.82. The number of thiol groups is 1. The highest BCUT2D eigenvalue weighted by atomic mass is 32.1. The lowest BCUT2D eigenvalue weighted by Gasteiger charge is -2.45. The van der Waals surface area contributed by atoms with Gasteiger partial charge in [0.15, 0.2) is 11.0 Å². The summed E-state index contributed by atoms with van der Waals surface area (Å²) in [6.45, 7) is 0. The van der Waals surface area contributed by atoms with Crippen LogP contribution < -0.4 is 11.1 Å². The topological polar surface area (TPSA) is 94.5 Å². The zero-order chi connectivity index (χ0) is 20.8. The van der Waals surface area contributed by atoms with Crippen LogP contribution in [0, 0.1) is 0 Å². The first-order valence-electron chi connectivity index (χ1n) is 9.90. The number of H-pyrrole nitrogens is 1. The lowest BCUT2D eigenvalue weighted by atomic mass is 9.72. The molecule has 0 unspecified atom stereocenters. The van der Waals surface area contributed by atoms with Gasteiger partial charge in [0.2, 0.25) is 0 Å². The molecule has 4 atom stereocenters. The zero-order valence-electron chi connectivity index (χ0n) is 16.3. The van der Waals surface area contributed by atoms with Gasteiger partial charge in [-0.2, -0.15) is 0 Å². The summed E-state index contributed by atoms with van der Waals surface area (Å²) >= 11 is 4.85. The number of carbonyl (C=O) groups excluding carboxylic acids is 2. The standard InChI is InChI=1S/C22H21N5O2S/c1-26-17(23)18(28)27-19-21(11-22(27,30)20(26)29,13-7-3-5-9-16(13)25-19)14-10-24-15-8-4-2-6-12(14)15/h2-10,17,19,24-25,30H,11,23H2,1H3/t17-,19-,21-,22+/m1/s1. The molecule has 8 heteroatoms. The summed E-state index contributed by atoms with van der Waals surface area (Å²) in [6.07, 6.45) is 0.849. The van der Waals surface area contributed by atoms with Crippen LogP contribution in [0.4, 0.5) is 5.69 Å². The van der Waals surface area contributed by atoms with Gasteiger partial charge < -0.3 is 20.9 Å². The number of anilines is 1. The van der Waals surface area contributed by atoms with Crippen LogP contribution in [0.2, 0.25) is 0 Å². The van der Waals surface area contributed by atoms with Crippen molar-refractivity contribution in [3.63, 3.8) is 0 Å². The average molecular weight is 420 g/mol. The number of nitrogens with two attached hydrogens (primary N) is 1. The van der Waals surface area contributed by atoms with Gasteiger partial charge in [0.25, 0.3) is 11.8 Å². The fourth-order valence-corrected chi connectivity index (χ4v) is 6.23. The monoisotopic (exact) mass is 419 g/mol. The summed E-state index contributed by atoms with van der Waals surface area (Å²) in [5, 5.41) is 4.58. The Labute approximate surface area is 178 Å². The summed E-state index contributed by atoms with van der Waals surface area (Å²) in [6, 6.07) is 16.1. The number of piperazine rings is 1. The Kier molecular flexibility index (Phi) is 3.32. The molecule has 6 rings (SSSR count). The highest BCUT2D eigenvalue weighted by Gasteiger charge is 2.70. The molecule has 4 N–H and O–H groups in total. The number of amides is 2. The van der Waals surface area contributed by atoms with Crippen LogP contribution in [0.3, 0.4) is 0 Å². The molecule has 0 saturated carbocycles. The Morgan fingerprint density at radius 2 is 1.83 bits per heavy atom. The first-order chi connectivity index (χ1) is 14.4. The van der Waals surface area contributed by atoms with Crippen molar-refractivity contribution in [1.82, 2.24) is 14.8 Å². The Morgan fingerprint density at radius 1 is 1.10 bits per heavy atom. The lowest BCUT2D eigenvalue weighted by molar-refractivity contribution is -0.161. The van der Waals surface area contributed by atoms with Crippen molar-refractivity contribution in [1.29, 1.82) is 0 Å². The molecule has 2 fully saturated rings. The Bertz CT molecular complexity index is 1240. The first-order valence-corrected chi connectivity index (χ1v) is 10.4. The van der Waals surface area contributed by atoms with Gasteiger partial charge in [-0.05, 0) is 23.3 Å². The number of rotatable bonds is 1. The molecule has 4 heterocycles. The summed E-state index contributed by atoms with van der Waals surface area (Å²) in [7, 11) is 1.56. The second kappa shape index (κ2) is 5.59. The van der Waals surface area contributed by atoms with E-state index in [9.17, 15) is 9.59 Å². The van der Waals surface area contributed by atoms with Crippen molar-refractivity contribution in [2.75, 3.05) is 12.4 Å². The van der Waals surface area contributed by atoms with E-state index in [2.05, 4.69) is 22.4 Å². The fourth-order valence-electron chi connectivity index (χ4n) is 5.61. The SMILES string of the molecule is CN1C(=O)[C@@]2(S)C[C@]3(c4c[nH]c5ccccc45)c4ccccc4N[C@@H]3N2C(=O)[C@@H]1N. The minimum absolute atomic E-state index is 0.258. The molecule has 2 saturated heterocycles. The molecule has 3 aromatic rings. The Hall–Kier alpha value is -2.97. The van der Waals surface area contributed by atoms with Crippen LogP contribution in [0.15, 0.2) is 54.7 Å². The minimum atomic E-state index is -1.29. The van der Waals surface area contributed by atoms with E-state index in [1.54, 1.807) is 11.9 Å². The smallest absolute Gasteiger partial charge is 0.263 e. The van der Waals surface area contributed by atoms with E-state index in [1.165, 1.54) is 4.90 Å². The maximum atomic E-state index is 13.3. The van der Waals surface area contributed by atoms with Gasteiger partial charge in [-0.15, -0.1) is 12.6 Å². The molecule has 0 spiro atoms. The van der Waals surface area contributed by atoms with Gasteiger partial charge in [0.05, 0.1) is 5.41 Å². The molecule has 0 bridgehead atoms. The molecule has 30 heavy (non-hydrogen) atoms. The fraction of sp³-hybridized carbons (Fsp3) is 0.273. The number of nitrogens with zero attached hydrogens (tertiary/aromatic N) is 2. The maximum Gasteiger partial charge on any atom is 0.263 e. The van der Waals surface area contributed by atoms with E-state index >= 15 is 0 Å². The number of carbonyl (C=O) groups is 2. The summed E-state index contributed by atoms with van der Waals surface area (Å²) < 4.78 is 0. The Balaban J connectivity index is 1.67. The Morgan fingerprint density at radius 3 is 2.67 bits per heavy atom. The highest BCUT2D eigenvalue weighted by Crippen LogP contribution is 2.61. The quantitative estimate of drug-likeness (QED) is 0.453. The third-order valence-electron chi connectivity index (χ3n) is 6.99. The van der Waals surface area contributed by atoms with Crippen molar-refractivity contribution in [3.8, 4) is 0 Å². The van der Waals surface area contributed by atoms with Crippen molar-refractivity contribution < 1.29 is 9.59 Å². The molecule has 0 aliphatic carbocycles. The van der Waals surface area contributed by atoms with Crippen molar-refractivity contribution in [3.05, 3.63) is 65.9 Å². The number of fused-ring (bicyclic) bond motifs is 6. The van der Waals surface area contributed by atoms with Crippen molar-refractivity contribution >= 4 is 41.0 Å². The predicted molar refractivity (Wildman–Crippen MR) is 117 cm³/mol. The molecule has 152 valence electrons. The zero-order valence-corrected chi connectivity index (χ0v) is 17.2. The summed E-state index contributed by atoms with van der Waals surface area (Å²) in [5.74, 6) is -0.565. The van der Waals surface area contributed by atoms with Gasteiger partial charge in [-0.25, -0.2) is 0 Å². The van der Waals surface area contributed by atoms with E-state index in [0.29, 0.717) is 6.42 Å². The number of likely N-dealkylation sites (N-methyl/N-ethyl adjacent to an activating group) is 1. The first kappa shape index (κ1) is 17.9. The third kappa shape index (κ3) is 1.87. The average Bonchev–Trinajstić information content (AvgIpc) is 3.38. The van der Waals surface area contributed by atoms with E-state index < -0.39 is 22.6 Å². The van der Waals surface area contributed by atoms with Gasteiger partial charge in [-0.3, -0.25) is 14.5 Å². The number of hydrogen-bond acceptors (Lipinski definition) is 5. The molecule has 0 radical (unpaired) electrons. The molecule has 2 amide bonds. The van der Waals surface area contributed by atoms with Crippen LogP contribution in [-0.2, 0) is 15.0 Å². The normalized spacial score (nSPS) is 32.2. The van der Waals surface area contributed by atoms with Crippen LogP contribution in [-0.4, -0.2) is 50.8 Å². The molecule has 7 nitrogen and oxygen atoms in total. The molecule has 2 aromatic carbocycles. The van der Waals surface area contributed by atoms with Gasteiger partial charge in [0.1, 0.15) is 6.17 Å². The van der Waals surface area contributed by atoms with Crippen molar-refractivity contribution in [2.24, 2.45) is 5.73 Å². The van der Waals surface area contributed by atoms with Gasteiger partial charge >= 0.3 is 0 Å². The van der Waals surface area contributed by atoms with Gasteiger partial charge in [0, 0.05) is 36.3 Å². The third-order valence-corrected chi connectivity index (χ3v) is 7.55. The van der Waals surface area contributed by atoms with Crippen molar-refractivity contribution in [2.45, 2.75) is 29.0 Å². The summed E-state index contributed by atoms with van der Waals surface area (Å²) in [5.41, 5.74) is 9.53. The molecule has 1 aromatic heterocycles. The number of nitrogens with one attached hydrogen (secondary N) is 2. The number of hydrogen-bond donors (Lipinski definition) is 4. The molecule has 3 aliphatic heterocycles. The van der Waals surface area contributed by atoms with E-state index in [4.69, 9.17) is 18.4 Å². The van der Waals surface area contributed by atoms with E-state index in [1.807, 2.05) is 42.6 Å². The number of benzene rings is 2. The molecular formula is C22H21N5O2S. The molecule has 3 aliphatic rings. The van der Waals surface area contributed by atoms with E-state index in [-0.39, 0.29) is 11.8 Å². The number of para-hydroxylation sites is 2. The number of aromatic amines is 1. The second-order valence-corrected chi connectivity index (χ2v) is 9.11. The predicted octanol–water partition coefficient (Wildman–Crippen LogP) is 1.82. The van der Waals surface area contributed by atoms with Gasteiger partial charge in [-0.1, -0.05) is 36.4 Å². The van der Waals surface area contributed by atoms with Crippen LogP contribution >= 0.6 is 12.6 Å². The largest absolute Gasteiger partial charge is 0.364 e. The van der Waals surface area contributed by atoms with E-state index in [0.717, 1.165) is 27.7 Å².